The van der Waals surface area contributed by atoms with Gasteiger partial charge in [-0.1, -0.05) is 32.9 Å². The maximum absolute atomic E-state index is 14.0. The van der Waals surface area contributed by atoms with Gasteiger partial charge in [0.15, 0.2) is 11.4 Å². The van der Waals surface area contributed by atoms with E-state index in [4.69, 9.17) is 21.2 Å². The van der Waals surface area contributed by atoms with Crippen LogP contribution in [0.5, 0.6) is 5.75 Å². The Morgan fingerprint density at radius 3 is 2.35 bits per heavy atom. The third-order valence-electron chi connectivity index (χ3n) is 4.49. The molecule has 3 aromatic rings. The first-order valence-electron chi connectivity index (χ1n) is 10.2. The number of amides is 3. The lowest BCUT2D eigenvalue weighted by atomic mass is 9.93. The van der Waals surface area contributed by atoms with E-state index in [0.717, 1.165) is 0 Å². The molecule has 0 unspecified atom stereocenters. The molecule has 0 aliphatic rings. The summed E-state index contributed by atoms with van der Waals surface area (Å²) in [6.07, 6.45) is 1.52. The molecule has 2 aromatic carbocycles. The molecule has 0 aliphatic carbocycles. The van der Waals surface area contributed by atoms with E-state index in [9.17, 15) is 18.8 Å². The Hall–Kier alpha value is -4.41. The monoisotopic (exact) mass is 469 g/mol. The summed E-state index contributed by atoms with van der Waals surface area (Å²) in [6.45, 7) is 5.66. The molecule has 0 atom stereocenters. The first-order chi connectivity index (χ1) is 15.9. The van der Waals surface area contributed by atoms with Gasteiger partial charge in [0.05, 0.1) is 24.0 Å². The van der Waals surface area contributed by atoms with E-state index in [1.807, 2.05) is 20.8 Å². The summed E-state index contributed by atoms with van der Waals surface area (Å²) in [5.74, 6) is -1.75. The van der Waals surface area contributed by atoms with Crippen molar-refractivity contribution in [3.05, 3.63) is 60.2 Å². The highest BCUT2D eigenvalue weighted by molar-refractivity contribution is 6.00. The van der Waals surface area contributed by atoms with E-state index in [-0.39, 0.29) is 29.0 Å². The number of nitrogens with zero attached hydrogens (tertiary/aromatic N) is 2. The van der Waals surface area contributed by atoms with Crippen LogP contribution in [-0.2, 0) is 9.68 Å². The van der Waals surface area contributed by atoms with Crippen molar-refractivity contribution < 1.29 is 28.5 Å². The Bertz CT molecular complexity index is 1230. The predicted molar refractivity (Wildman–Crippen MR) is 121 cm³/mol. The lowest BCUT2D eigenvalue weighted by Gasteiger charge is -2.16. The van der Waals surface area contributed by atoms with Gasteiger partial charge in [-0.15, -0.1) is 0 Å². The lowest BCUT2D eigenvalue weighted by molar-refractivity contribution is -0.215. The van der Waals surface area contributed by atoms with Gasteiger partial charge in [-0.3, -0.25) is 14.6 Å². The van der Waals surface area contributed by atoms with E-state index in [1.54, 1.807) is 24.3 Å². The second kappa shape index (κ2) is 9.61. The van der Waals surface area contributed by atoms with Crippen molar-refractivity contribution in [1.29, 1.82) is 0 Å². The maximum Gasteiger partial charge on any atom is 0.355 e. The Labute approximate surface area is 194 Å². The topological polar surface area (TPSA) is 152 Å². The molecule has 0 spiro atoms. The van der Waals surface area contributed by atoms with Crippen molar-refractivity contribution in [3.63, 3.8) is 0 Å². The molecule has 1 heterocycles. The minimum atomic E-state index is -0.876. The number of nitrogens with one attached hydrogen (secondary N) is 1. The number of aromatic nitrogens is 2. The van der Waals surface area contributed by atoms with Crippen LogP contribution in [0, 0.1) is 11.2 Å². The second-order valence-corrected chi connectivity index (χ2v) is 8.65. The third-order valence-corrected chi connectivity index (χ3v) is 4.49. The highest BCUT2D eigenvalue weighted by Crippen LogP contribution is 2.32. The highest BCUT2D eigenvalue weighted by atomic mass is 19.1. The molecule has 11 heteroatoms. The van der Waals surface area contributed by atoms with Crippen LogP contribution in [0.3, 0.4) is 0 Å². The SMILES string of the molecule is CC(C)(C)CC(=O)OOc1ccc(F)cc1-c1ccc(-n2cc(NC(N)=O)c(C(N)=O)n2)cc1. The van der Waals surface area contributed by atoms with E-state index in [1.165, 1.54) is 29.1 Å². The average Bonchev–Trinajstić information content (AvgIpc) is 3.15. The Kier molecular flexibility index (Phi) is 6.85. The smallest absolute Gasteiger partial charge is 0.355 e. The molecule has 0 aliphatic heterocycles. The first-order valence-corrected chi connectivity index (χ1v) is 10.2. The third kappa shape index (κ3) is 6.09. The second-order valence-electron chi connectivity index (χ2n) is 8.65. The molecule has 0 fully saturated rings. The molecule has 1 aromatic heterocycles. The molecular weight excluding hydrogens is 445 g/mol. The number of carbonyl (C=O) groups is 3. The number of benzene rings is 2. The van der Waals surface area contributed by atoms with Crippen LogP contribution in [0.1, 0.15) is 37.7 Å². The summed E-state index contributed by atoms with van der Waals surface area (Å²) < 4.78 is 15.3. The summed E-state index contributed by atoms with van der Waals surface area (Å²) in [6, 6.07) is 9.50. The number of anilines is 1. The zero-order valence-electron chi connectivity index (χ0n) is 18.8. The van der Waals surface area contributed by atoms with Gasteiger partial charge in [-0.05, 0) is 41.3 Å². The zero-order chi connectivity index (χ0) is 25.0. The van der Waals surface area contributed by atoms with Crippen LogP contribution in [0.4, 0.5) is 14.9 Å². The molecule has 0 saturated heterocycles. The summed E-state index contributed by atoms with van der Waals surface area (Å²) >= 11 is 0. The molecule has 34 heavy (non-hydrogen) atoms. The largest absolute Gasteiger partial charge is 0.364 e. The van der Waals surface area contributed by atoms with Gasteiger partial charge in [0.2, 0.25) is 0 Å². The minimum Gasteiger partial charge on any atom is -0.364 e. The molecule has 0 saturated carbocycles. The number of nitrogens with two attached hydrogens (primary N) is 2. The summed E-state index contributed by atoms with van der Waals surface area (Å²) in [7, 11) is 0. The van der Waals surface area contributed by atoms with Crippen LogP contribution in [0.2, 0.25) is 0 Å². The normalized spacial score (nSPS) is 11.1. The molecule has 5 N–H and O–H groups in total. The number of hydrogen-bond acceptors (Lipinski definition) is 6. The number of urea groups is 1. The molecule has 10 nitrogen and oxygen atoms in total. The van der Waals surface area contributed by atoms with Crippen molar-refractivity contribution in [2.45, 2.75) is 27.2 Å². The molecule has 0 radical (unpaired) electrons. The van der Waals surface area contributed by atoms with Crippen molar-refractivity contribution in [2.24, 2.45) is 16.9 Å². The van der Waals surface area contributed by atoms with Gasteiger partial charge in [0.1, 0.15) is 5.82 Å². The van der Waals surface area contributed by atoms with Gasteiger partial charge in [-0.2, -0.15) is 5.10 Å². The molecule has 0 bridgehead atoms. The van der Waals surface area contributed by atoms with Crippen LogP contribution in [0.15, 0.2) is 48.7 Å². The summed E-state index contributed by atoms with van der Waals surface area (Å²) in [5, 5.41) is 6.36. The fourth-order valence-electron chi connectivity index (χ4n) is 3.06. The van der Waals surface area contributed by atoms with Gasteiger partial charge in [0, 0.05) is 5.56 Å². The fraction of sp³-hybridized carbons (Fsp3) is 0.217. The Morgan fingerprint density at radius 2 is 1.76 bits per heavy atom. The number of primary amides is 2. The van der Waals surface area contributed by atoms with Crippen LogP contribution in [-0.4, -0.2) is 27.7 Å². The summed E-state index contributed by atoms with van der Waals surface area (Å²) in [5.41, 5.74) is 11.4. The predicted octanol–water partition coefficient (Wildman–Crippen LogP) is 3.54. The standard InChI is InChI=1S/C23H24FN5O5/c1-23(2,3)11-19(30)34-33-18-9-6-14(24)10-16(18)13-4-7-15(8-5-13)29-12-17(27-22(26)32)20(28-29)21(25)31/h4-10,12H,11H2,1-3H3,(H2,25,31)(H3,26,27,32). The van der Waals surface area contributed by atoms with E-state index >= 15 is 0 Å². The van der Waals surface area contributed by atoms with Gasteiger partial charge >= 0.3 is 12.0 Å². The quantitative estimate of drug-likeness (QED) is 0.356. The van der Waals surface area contributed by atoms with Crippen LogP contribution >= 0.6 is 0 Å². The first kappa shape index (κ1) is 24.2. The zero-order valence-corrected chi connectivity index (χ0v) is 18.8. The van der Waals surface area contributed by atoms with Crippen molar-refractivity contribution in [1.82, 2.24) is 9.78 Å². The van der Waals surface area contributed by atoms with Crippen LogP contribution < -0.4 is 21.7 Å². The Balaban J connectivity index is 1.86. The highest BCUT2D eigenvalue weighted by Gasteiger charge is 2.20. The van der Waals surface area contributed by atoms with E-state index in [2.05, 4.69) is 10.4 Å². The fourth-order valence-corrected chi connectivity index (χ4v) is 3.06. The van der Waals surface area contributed by atoms with Crippen molar-refractivity contribution >= 4 is 23.6 Å². The number of rotatable bonds is 7. The van der Waals surface area contributed by atoms with Gasteiger partial charge in [0.25, 0.3) is 5.91 Å². The number of carbonyl (C=O) groups excluding carboxylic acids is 3. The molecular formula is C23H24FN5O5. The van der Waals surface area contributed by atoms with Crippen molar-refractivity contribution in [2.75, 3.05) is 5.32 Å². The summed E-state index contributed by atoms with van der Waals surface area (Å²) in [4.78, 5) is 44.9. The van der Waals surface area contributed by atoms with E-state index < -0.39 is 23.7 Å². The molecule has 3 amide bonds. The molecule has 178 valence electrons. The maximum atomic E-state index is 14.0. The van der Waals surface area contributed by atoms with Gasteiger partial charge in [-0.25, -0.2) is 18.7 Å². The number of hydrogen-bond donors (Lipinski definition) is 3. The van der Waals surface area contributed by atoms with E-state index in [0.29, 0.717) is 16.8 Å². The number of halogens is 1. The Morgan fingerprint density at radius 1 is 1.09 bits per heavy atom. The van der Waals surface area contributed by atoms with Crippen molar-refractivity contribution in [3.8, 4) is 22.6 Å². The van der Waals surface area contributed by atoms with Gasteiger partial charge < -0.3 is 16.8 Å². The average molecular weight is 469 g/mol. The minimum absolute atomic E-state index is 0.0574. The molecule has 3 rings (SSSR count). The lowest BCUT2D eigenvalue weighted by Crippen LogP contribution is -2.22. The van der Waals surface area contributed by atoms with Crippen LogP contribution in [0.25, 0.3) is 16.8 Å².